The molecule has 0 aliphatic rings. The van der Waals surface area contributed by atoms with Gasteiger partial charge in [0.2, 0.25) is 0 Å². The third kappa shape index (κ3) is 3.07. The van der Waals surface area contributed by atoms with E-state index in [0.29, 0.717) is 0 Å². The fourth-order valence-corrected chi connectivity index (χ4v) is 1.19. The van der Waals surface area contributed by atoms with Gasteiger partial charge >= 0.3 is 29.6 Å². The molecule has 0 aromatic heterocycles. The van der Waals surface area contributed by atoms with Crippen molar-refractivity contribution in [3.8, 4) is 5.75 Å². The van der Waals surface area contributed by atoms with E-state index < -0.39 is 28.4 Å². The normalized spacial score (nSPS) is 11.5. The number of carboxylic acid groups (broad SMARTS) is 1. The van der Waals surface area contributed by atoms with Crippen molar-refractivity contribution >= 4 is 17.0 Å². The number of hydrogen-bond acceptors (Lipinski definition) is 4. The summed E-state index contributed by atoms with van der Waals surface area (Å²) in [5.74, 6) is -2.08. The van der Waals surface area contributed by atoms with E-state index in [0.717, 1.165) is 18.2 Å². The molecule has 0 amide bonds. The summed E-state index contributed by atoms with van der Waals surface area (Å²) in [6.07, 6.45) is 0. The maximum atomic E-state index is 10.5. The summed E-state index contributed by atoms with van der Waals surface area (Å²) in [4.78, 5) is 10.2. The van der Waals surface area contributed by atoms with Crippen LogP contribution in [-0.4, -0.2) is 19.8 Å². The molecule has 0 heterocycles. The number of rotatable bonds is 2. The number of hydrogen-bond donors (Lipinski definition) is 2. The van der Waals surface area contributed by atoms with Gasteiger partial charge in [-0.15, -0.1) is 0 Å². The largest absolute Gasteiger partial charge is 1.00 e. The fourth-order valence-electron chi connectivity index (χ4n) is 0.787. The molecule has 14 heavy (non-hydrogen) atoms. The molecule has 1 atom stereocenters. The number of carbonyl (C=O) groups is 1. The number of carboxylic acids is 1. The second-order valence-corrected chi connectivity index (χ2v) is 3.19. The Balaban J connectivity index is 0.00000169. The molecule has 0 radical (unpaired) electrons. The van der Waals surface area contributed by atoms with Crippen molar-refractivity contribution in [3.05, 3.63) is 23.8 Å². The average Bonchev–Trinajstić information content (AvgIpc) is 2.04. The van der Waals surface area contributed by atoms with E-state index in [9.17, 15) is 14.1 Å². The molecule has 2 N–H and O–H groups in total. The van der Waals surface area contributed by atoms with Crippen molar-refractivity contribution in [2.45, 2.75) is 4.90 Å². The van der Waals surface area contributed by atoms with Gasteiger partial charge in [0.1, 0.15) is 5.75 Å². The van der Waals surface area contributed by atoms with Gasteiger partial charge in [-0.25, -0.2) is 4.21 Å². The minimum atomic E-state index is -2.27. The van der Waals surface area contributed by atoms with Crippen molar-refractivity contribution in [2.75, 3.05) is 0 Å². The summed E-state index contributed by atoms with van der Waals surface area (Å²) in [6, 6.07) is 3.06. The molecule has 0 fully saturated rings. The third-order valence-electron chi connectivity index (χ3n) is 1.39. The standard InChI is InChI=1S/C7H6O5S.Na/c8-6-2-1-4(13(11)12)3-5(6)7(9)10;/h1-3,8H,(H,9,10)(H,11,12);/q;+1/p-1. The van der Waals surface area contributed by atoms with E-state index in [1.165, 1.54) is 0 Å². The third-order valence-corrected chi connectivity index (χ3v) is 2.05. The van der Waals surface area contributed by atoms with Crippen LogP contribution < -0.4 is 34.7 Å². The minimum Gasteiger partial charge on any atom is -0.545 e. The number of phenols is 1. The van der Waals surface area contributed by atoms with Gasteiger partial charge in [0.25, 0.3) is 0 Å². The van der Waals surface area contributed by atoms with Crippen LogP contribution in [0.15, 0.2) is 23.1 Å². The summed E-state index contributed by atoms with van der Waals surface area (Å²) in [6.45, 7) is 0. The van der Waals surface area contributed by atoms with Crippen LogP contribution in [0.4, 0.5) is 0 Å². The van der Waals surface area contributed by atoms with Gasteiger partial charge in [-0.2, -0.15) is 0 Å². The molecule has 0 saturated carbocycles. The van der Waals surface area contributed by atoms with E-state index >= 15 is 0 Å². The molecule has 5 nitrogen and oxygen atoms in total. The molecule has 0 saturated heterocycles. The first-order chi connectivity index (χ1) is 6.02. The molecule has 1 aromatic rings. The first-order valence-corrected chi connectivity index (χ1v) is 4.28. The summed E-state index contributed by atoms with van der Waals surface area (Å²) in [7, 11) is 0. The topological polar surface area (TPSA) is 97.7 Å². The van der Waals surface area contributed by atoms with E-state index in [1.807, 2.05) is 0 Å². The number of benzene rings is 1. The zero-order chi connectivity index (χ0) is 10.0. The molecular formula is C7H5NaO5S. The summed E-state index contributed by atoms with van der Waals surface area (Å²) in [5.41, 5.74) is -0.500. The van der Waals surface area contributed by atoms with E-state index in [2.05, 4.69) is 0 Å². The van der Waals surface area contributed by atoms with Crippen LogP contribution in [0.1, 0.15) is 10.4 Å². The SMILES string of the molecule is O=C([O-])c1cc(S(=O)O)ccc1O.[Na+]. The van der Waals surface area contributed by atoms with Gasteiger partial charge in [-0.05, 0) is 18.2 Å². The van der Waals surface area contributed by atoms with Gasteiger partial charge in [-0.3, -0.25) is 0 Å². The van der Waals surface area contributed by atoms with Gasteiger partial charge in [0, 0.05) is 5.56 Å². The molecule has 0 bridgehead atoms. The Hall–Kier alpha value is -0.400. The number of aromatic hydroxyl groups is 1. The Morgan fingerprint density at radius 1 is 1.43 bits per heavy atom. The van der Waals surface area contributed by atoms with Crippen molar-refractivity contribution in [2.24, 2.45) is 0 Å². The molecule has 7 heteroatoms. The molecule has 1 rings (SSSR count). The monoisotopic (exact) mass is 224 g/mol. The smallest absolute Gasteiger partial charge is 0.545 e. The van der Waals surface area contributed by atoms with Crippen molar-refractivity contribution in [3.63, 3.8) is 0 Å². The van der Waals surface area contributed by atoms with E-state index in [4.69, 9.17) is 9.66 Å². The second-order valence-electron chi connectivity index (χ2n) is 2.22. The first-order valence-electron chi connectivity index (χ1n) is 3.17. The Morgan fingerprint density at radius 2 is 2.00 bits per heavy atom. The molecule has 0 spiro atoms. The Labute approximate surface area is 104 Å². The predicted octanol–water partition coefficient (Wildman–Crippen LogP) is -3.66. The summed E-state index contributed by atoms with van der Waals surface area (Å²) < 4.78 is 19.1. The Bertz CT molecular complexity index is 378. The quantitative estimate of drug-likeness (QED) is 0.398. The van der Waals surface area contributed by atoms with Crippen LogP contribution >= 0.6 is 0 Å². The Morgan fingerprint density at radius 3 is 2.43 bits per heavy atom. The average molecular weight is 224 g/mol. The summed E-state index contributed by atoms with van der Waals surface area (Å²) in [5, 5.41) is 19.3. The summed E-state index contributed by atoms with van der Waals surface area (Å²) >= 11 is -2.27. The van der Waals surface area contributed by atoms with Gasteiger partial charge in [-0.1, -0.05) is 0 Å². The maximum absolute atomic E-state index is 10.5. The minimum absolute atomic E-state index is 0. The van der Waals surface area contributed by atoms with Crippen LogP contribution in [0.3, 0.4) is 0 Å². The van der Waals surface area contributed by atoms with Crippen LogP contribution in [0.5, 0.6) is 5.75 Å². The zero-order valence-electron chi connectivity index (χ0n) is 7.26. The predicted molar refractivity (Wildman–Crippen MR) is 41.5 cm³/mol. The maximum Gasteiger partial charge on any atom is 1.00 e. The van der Waals surface area contributed by atoms with Crippen molar-refractivity contribution in [1.29, 1.82) is 0 Å². The number of aromatic carboxylic acids is 1. The fraction of sp³-hybridized carbons (Fsp3) is 0. The van der Waals surface area contributed by atoms with Crippen LogP contribution in [-0.2, 0) is 11.1 Å². The zero-order valence-corrected chi connectivity index (χ0v) is 10.1. The molecule has 1 unspecified atom stereocenters. The molecular weight excluding hydrogens is 219 g/mol. The molecule has 0 aliphatic heterocycles. The molecule has 0 aliphatic carbocycles. The van der Waals surface area contributed by atoms with Gasteiger partial charge < -0.3 is 19.6 Å². The molecule has 70 valence electrons. The van der Waals surface area contributed by atoms with Crippen LogP contribution in [0.2, 0.25) is 0 Å². The van der Waals surface area contributed by atoms with Crippen molar-refractivity contribution in [1.82, 2.24) is 0 Å². The van der Waals surface area contributed by atoms with E-state index in [-0.39, 0.29) is 34.5 Å². The van der Waals surface area contributed by atoms with Gasteiger partial charge in [0.15, 0.2) is 11.1 Å². The second kappa shape index (κ2) is 5.47. The Kier molecular flexibility index (Phi) is 5.32. The molecule has 1 aromatic carbocycles. The van der Waals surface area contributed by atoms with Gasteiger partial charge in [0.05, 0.1) is 10.9 Å². The van der Waals surface area contributed by atoms with Crippen molar-refractivity contribution < 1.29 is 53.3 Å². The number of carbonyl (C=O) groups excluding carboxylic acids is 1. The van der Waals surface area contributed by atoms with E-state index in [1.54, 1.807) is 0 Å². The van der Waals surface area contributed by atoms with Crippen LogP contribution in [0.25, 0.3) is 0 Å². The first kappa shape index (κ1) is 13.6. The van der Waals surface area contributed by atoms with Crippen LogP contribution in [0, 0.1) is 0 Å².